The molecule has 0 heterocycles. The van der Waals surface area contributed by atoms with Gasteiger partial charge in [0.1, 0.15) is 11.5 Å². The Bertz CT molecular complexity index is 325. The van der Waals surface area contributed by atoms with E-state index in [-0.39, 0.29) is 0 Å². The minimum atomic E-state index is 0.375. The second-order valence-electron chi connectivity index (χ2n) is 4.45. The molecule has 1 aliphatic carbocycles. The molecule has 1 aliphatic rings. The van der Waals surface area contributed by atoms with E-state index < -0.39 is 0 Å². The van der Waals surface area contributed by atoms with E-state index in [9.17, 15) is 0 Å². The smallest absolute Gasteiger partial charge is 0.119 e. The van der Waals surface area contributed by atoms with Crippen molar-refractivity contribution in [3.63, 3.8) is 0 Å². The van der Waals surface area contributed by atoms with Gasteiger partial charge in [0.15, 0.2) is 0 Å². The van der Waals surface area contributed by atoms with Crippen LogP contribution in [-0.4, -0.2) is 19.0 Å². The number of hydrogen-bond acceptors (Lipinski definition) is 2. The fraction of sp³-hybridized carbons (Fsp3) is 0.538. The highest BCUT2D eigenvalue weighted by Crippen LogP contribution is 2.42. The lowest BCUT2D eigenvalue weighted by atomic mass is 9.71. The zero-order valence-corrected chi connectivity index (χ0v) is 11.1. The summed E-state index contributed by atoms with van der Waals surface area (Å²) < 4.78 is 10.9. The number of benzene rings is 1. The highest BCUT2D eigenvalue weighted by molar-refractivity contribution is 9.09. The Morgan fingerprint density at radius 3 is 2.25 bits per heavy atom. The molecule has 1 aromatic rings. The van der Waals surface area contributed by atoms with Gasteiger partial charge in [-0.2, -0.15) is 0 Å². The zero-order valence-electron chi connectivity index (χ0n) is 9.54. The lowest BCUT2D eigenvalue weighted by Gasteiger charge is -2.39. The number of methoxy groups -OCH3 is 1. The molecule has 1 aromatic carbocycles. The predicted molar refractivity (Wildman–Crippen MR) is 68.6 cm³/mol. The number of ether oxygens (including phenoxy) is 2. The third kappa shape index (κ3) is 2.51. The molecule has 0 aromatic heterocycles. The van der Waals surface area contributed by atoms with Crippen LogP contribution in [0, 0.1) is 5.41 Å². The normalized spacial score (nSPS) is 17.6. The average molecular weight is 285 g/mol. The maximum Gasteiger partial charge on any atom is 0.119 e. The lowest BCUT2D eigenvalue weighted by molar-refractivity contribution is 0.0838. The standard InChI is InChI=1S/C13H17BrO2/c1-15-11-3-5-12(6-4-11)16-10-13(9-14)7-2-8-13/h3-6H,2,7-10H2,1H3. The van der Waals surface area contributed by atoms with Crippen LogP contribution in [0.15, 0.2) is 24.3 Å². The van der Waals surface area contributed by atoms with Crippen LogP contribution < -0.4 is 9.47 Å². The number of halogens is 1. The van der Waals surface area contributed by atoms with Gasteiger partial charge in [0.25, 0.3) is 0 Å². The molecule has 3 heteroatoms. The van der Waals surface area contributed by atoms with E-state index in [1.165, 1.54) is 19.3 Å². The molecule has 0 saturated heterocycles. The SMILES string of the molecule is COc1ccc(OCC2(CBr)CCC2)cc1. The van der Waals surface area contributed by atoms with Gasteiger partial charge in [0.05, 0.1) is 13.7 Å². The van der Waals surface area contributed by atoms with Crippen molar-refractivity contribution in [3.05, 3.63) is 24.3 Å². The Balaban J connectivity index is 1.89. The summed E-state index contributed by atoms with van der Waals surface area (Å²) >= 11 is 3.58. The highest BCUT2D eigenvalue weighted by Gasteiger charge is 2.36. The summed E-state index contributed by atoms with van der Waals surface area (Å²) in [4.78, 5) is 0. The molecule has 16 heavy (non-hydrogen) atoms. The number of rotatable bonds is 5. The first-order chi connectivity index (χ1) is 7.78. The molecule has 88 valence electrons. The average Bonchev–Trinajstić information content (AvgIpc) is 2.29. The van der Waals surface area contributed by atoms with Crippen LogP contribution in [0.4, 0.5) is 0 Å². The van der Waals surface area contributed by atoms with Gasteiger partial charge in [-0.3, -0.25) is 0 Å². The second-order valence-corrected chi connectivity index (χ2v) is 5.01. The van der Waals surface area contributed by atoms with Crippen LogP contribution in [0.5, 0.6) is 11.5 Å². The fourth-order valence-electron chi connectivity index (χ4n) is 1.90. The van der Waals surface area contributed by atoms with Gasteiger partial charge in [0.2, 0.25) is 0 Å². The molecule has 0 spiro atoms. The predicted octanol–water partition coefficient (Wildman–Crippen LogP) is 3.64. The molecule has 1 saturated carbocycles. The van der Waals surface area contributed by atoms with Crippen molar-refractivity contribution in [1.82, 2.24) is 0 Å². The lowest BCUT2D eigenvalue weighted by Crippen LogP contribution is -2.37. The molecule has 2 nitrogen and oxygen atoms in total. The Kier molecular flexibility index (Phi) is 3.74. The van der Waals surface area contributed by atoms with Crippen molar-refractivity contribution in [3.8, 4) is 11.5 Å². The van der Waals surface area contributed by atoms with Crippen molar-refractivity contribution in [1.29, 1.82) is 0 Å². The Hall–Kier alpha value is -0.700. The molecule has 0 atom stereocenters. The first-order valence-corrected chi connectivity index (χ1v) is 6.73. The fourth-order valence-corrected chi connectivity index (χ4v) is 2.62. The topological polar surface area (TPSA) is 18.5 Å². The minimum Gasteiger partial charge on any atom is -0.497 e. The van der Waals surface area contributed by atoms with E-state index in [1.807, 2.05) is 24.3 Å². The monoisotopic (exact) mass is 284 g/mol. The van der Waals surface area contributed by atoms with E-state index in [0.717, 1.165) is 23.4 Å². The minimum absolute atomic E-state index is 0.375. The third-order valence-corrected chi connectivity index (χ3v) is 4.49. The van der Waals surface area contributed by atoms with Gasteiger partial charge in [-0.25, -0.2) is 0 Å². The van der Waals surface area contributed by atoms with Crippen molar-refractivity contribution >= 4 is 15.9 Å². The maximum atomic E-state index is 5.82. The second kappa shape index (κ2) is 5.09. The van der Waals surface area contributed by atoms with Crippen LogP contribution in [0.2, 0.25) is 0 Å². The largest absolute Gasteiger partial charge is 0.497 e. The first-order valence-electron chi connectivity index (χ1n) is 5.61. The van der Waals surface area contributed by atoms with Crippen molar-refractivity contribution in [2.75, 3.05) is 19.0 Å². The van der Waals surface area contributed by atoms with E-state index in [0.29, 0.717) is 5.41 Å². The molecular formula is C13H17BrO2. The third-order valence-electron chi connectivity index (χ3n) is 3.30. The Labute approximate surface area is 105 Å². The summed E-state index contributed by atoms with van der Waals surface area (Å²) in [5, 5.41) is 1.04. The van der Waals surface area contributed by atoms with Gasteiger partial charge in [-0.15, -0.1) is 0 Å². The van der Waals surface area contributed by atoms with Crippen LogP contribution in [-0.2, 0) is 0 Å². The summed E-state index contributed by atoms with van der Waals surface area (Å²) in [6.45, 7) is 0.810. The number of hydrogen-bond donors (Lipinski definition) is 0. The van der Waals surface area contributed by atoms with Gasteiger partial charge in [-0.05, 0) is 37.1 Å². The van der Waals surface area contributed by atoms with Gasteiger partial charge < -0.3 is 9.47 Å². The molecule has 0 unspecified atom stereocenters. The summed E-state index contributed by atoms with van der Waals surface area (Å²) in [5.41, 5.74) is 0.375. The van der Waals surface area contributed by atoms with Crippen molar-refractivity contribution < 1.29 is 9.47 Å². The van der Waals surface area contributed by atoms with Crippen LogP contribution in [0.3, 0.4) is 0 Å². The van der Waals surface area contributed by atoms with E-state index in [1.54, 1.807) is 7.11 Å². The van der Waals surface area contributed by atoms with Crippen LogP contribution in [0.1, 0.15) is 19.3 Å². The molecule has 1 fully saturated rings. The van der Waals surface area contributed by atoms with Crippen molar-refractivity contribution in [2.45, 2.75) is 19.3 Å². The van der Waals surface area contributed by atoms with E-state index >= 15 is 0 Å². The molecule has 0 aliphatic heterocycles. The zero-order chi connectivity index (χ0) is 11.4. The van der Waals surface area contributed by atoms with Crippen molar-refractivity contribution in [2.24, 2.45) is 5.41 Å². The number of alkyl halides is 1. The van der Waals surface area contributed by atoms with E-state index in [2.05, 4.69) is 15.9 Å². The quantitative estimate of drug-likeness (QED) is 0.769. The molecule has 0 amide bonds. The Morgan fingerprint density at radius 2 is 1.81 bits per heavy atom. The van der Waals surface area contributed by atoms with Gasteiger partial charge in [0, 0.05) is 10.7 Å². The summed E-state index contributed by atoms with van der Waals surface area (Å²) in [6.07, 6.45) is 3.88. The molecule has 0 radical (unpaired) electrons. The maximum absolute atomic E-state index is 5.82. The Morgan fingerprint density at radius 1 is 1.19 bits per heavy atom. The summed E-state index contributed by atoms with van der Waals surface area (Å²) in [6, 6.07) is 7.77. The highest BCUT2D eigenvalue weighted by atomic mass is 79.9. The van der Waals surface area contributed by atoms with E-state index in [4.69, 9.17) is 9.47 Å². The van der Waals surface area contributed by atoms with Crippen LogP contribution in [0.25, 0.3) is 0 Å². The summed E-state index contributed by atoms with van der Waals surface area (Å²) in [5.74, 6) is 1.79. The van der Waals surface area contributed by atoms with Crippen LogP contribution >= 0.6 is 15.9 Å². The van der Waals surface area contributed by atoms with Gasteiger partial charge >= 0.3 is 0 Å². The van der Waals surface area contributed by atoms with Gasteiger partial charge in [-0.1, -0.05) is 22.4 Å². The molecule has 0 bridgehead atoms. The molecule has 0 N–H and O–H groups in total. The molecular weight excluding hydrogens is 268 g/mol. The summed E-state index contributed by atoms with van der Waals surface area (Å²) in [7, 11) is 1.67. The first kappa shape index (κ1) is 11.8. The molecule has 2 rings (SSSR count).